The first-order chi connectivity index (χ1) is 5.63. The highest BCUT2D eigenvalue weighted by atomic mass is 14.5. The smallest absolute Gasteiger partial charge is 0.0319 e. The maximum atomic E-state index is 5.77. The number of anilines is 1. The molecule has 0 aliphatic carbocycles. The number of aryl methyl sites for hydroxylation is 1. The van der Waals surface area contributed by atoms with Crippen LogP contribution in [0.3, 0.4) is 0 Å². The van der Waals surface area contributed by atoms with E-state index in [0.29, 0.717) is 5.92 Å². The first kappa shape index (κ1) is 9.11. The average molecular weight is 163 g/mol. The van der Waals surface area contributed by atoms with Gasteiger partial charge >= 0.3 is 0 Å². The van der Waals surface area contributed by atoms with Crippen LogP contribution >= 0.6 is 0 Å². The van der Waals surface area contributed by atoms with Crippen LogP contribution in [0.1, 0.15) is 37.8 Å². The topological polar surface area (TPSA) is 26.0 Å². The second-order valence-corrected chi connectivity index (χ2v) is 3.52. The van der Waals surface area contributed by atoms with Gasteiger partial charge in [0.15, 0.2) is 0 Å². The van der Waals surface area contributed by atoms with Gasteiger partial charge in [-0.2, -0.15) is 0 Å². The molecular weight excluding hydrogens is 146 g/mol. The maximum Gasteiger partial charge on any atom is 0.0319 e. The number of benzene rings is 1. The zero-order valence-electron chi connectivity index (χ0n) is 8.09. The van der Waals surface area contributed by atoms with Crippen molar-refractivity contribution in [3.05, 3.63) is 29.3 Å². The Hall–Kier alpha value is -0.980. The van der Waals surface area contributed by atoms with Gasteiger partial charge in [-0.15, -0.1) is 0 Å². The van der Waals surface area contributed by atoms with E-state index in [4.69, 9.17) is 5.73 Å². The van der Waals surface area contributed by atoms with Crippen LogP contribution in [0.5, 0.6) is 0 Å². The van der Waals surface area contributed by atoms with E-state index >= 15 is 0 Å². The standard InChI is InChI=1S/C11H17N/c1-4-9-5-10(8(2)3)7-11(12)6-9/h5-8H,4,12H2,1-3H3. The van der Waals surface area contributed by atoms with E-state index in [1.165, 1.54) is 11.1 Å². The quantitative estimate of drug-likeness (QED) is 0.666. The third-order valence-corrected chi connectivity index (χ3v) is 2.11. The van der Waals surface area contributed by atoms with Crippen LogP contribution in [-0.4, -0.2) is 0 Å². The summed E-state index contributed by atoms with van der Waals surface area (Å²) < 4.78 is 0. The van der Waals surface area contributed by atoms with Crippen molar-refractivity contribution < 1.29 is 0 Å². The van der Waals surface area contributed by atoms with Gasteiger partial charge in [-0.05, 0) is 35.6 Å². The van der Waals surface area contributed by atoms with E-state index in [2.05, 4.69) is 32.9 Å². The van der Waals surface area contributed by atoms with E-state index in [1.807, 2.05) is 6.07 Å². The van der Waals surface area contributed by atoms with Gasteiger partial charge in [0.05, 0.1) is 0 Å². The molecule has 1 nitrogen and oxygen atoms in total. The van der Waals surface area contributed by atoms with Crippen LogP contribution < -0.4 is 5.73 Å². The summed E-state index contributed by atoms with van der Waals surface area (Å²) in [5, 5.41) is 0. The van der Waals surface area contributed by atoms with E-state index in [1.54, 1.807) is 0 Å². The van der Waals surface area contributed by atoms with Crippen molar-refractivity contribution in [2.45, 2.75) is 33.1 Å². The molecule has 0 spiro atoms. The molecule has 0 amide bonds. The summed E-state index contributed by atoms with van der Waals surface area (Å²) in [6.45, 7) is 6.53. The normalized spacial score (nSPS) is 10.7. The molecule has 0 bridgehead atoms. The van der Waals surface area contributed by atoms with Gasteiger partial charge in [0, 0.05) is 5.69 Å². The summed E-state index contributed by atoms with van der Waals surface area (Å²) >= 11 is 0. The molecule has 1 heteroatoms. The van der Waals surface area contributed by atoms with Crippen molar-refractivity contribution in [3.63, 3.8) is 0 Å². The minimum atomic E-state index is 0.568. The van der Waals surface area contributed by atoms with Crippen molar-refractivity contribution in [2.75, 3.05) is 5.73 Å². The Balaban J connectivity index is 3.06. The minimum Gasteiger partial charge on any atom is -0.399 e. The SMILES string of the molecule is CCc1cc(N)cc(C(C)C)c1. The fourth-order valence-electron chi connectivity index (χ4n) is 1.28. The zero-order valence-corrected chi connectivity index (χ0v) is 8.09. The number of nitrogen functional groups attached to an aromatic ring is 1. The van der Waals surface area contributed by atoms with Gasteiger partial charge in [0.25, 0.3) is 0 Å². The maximum absolute atomic E-state index is 5.77. The zero-order chi connectivity index (χ0) is 9.14. The molecule has 0 atom stereocenters. The van der Waals surface area contributed by atoms with Crippen LogP contribution in [0.4, 0.5) is 5.69 Å². The molecule has 0 saturated heterocycles. The summed E-state index contributed by atoms with van der Waals surface area (Å²) in [5.41, 5.74) is 9.33. The number of hydrogen-bond acceptors (Lipinski definition) is 1. The largest absolute Gasteiger partial charge is 0.399 e. The monoisotopic (exact) mass is 163 g/mol. The van der Waals surface area contributed by atoms with Gasteiger partial charge in [-0.3, -0.25) is 0 Å². The predicted molar refractivity (Wildman–Crippen MR) is 54.3 cm³/mol. The van der Waals surface area contributed by atoms with E-state index in [9.17, 15) is 0 Å². The molecule has 0 aromatic heterocycles. The minimum absolute atomic E-state index is 0.568. The Bertz CT molecular complexity index is 264. The molecule has 0 heterocycles. The van der Waals surface area contributed by atoms with Crippen LogP contribution in [0.2, 0.25) is 0 Å². The lowest BCUT2D eigenvalue weighted by molar-refractivity contribution is 0.863. The lowest BCUT2D eigenvalue weighted by Crippen LogP contribution is -1.94. The highest BCUT2D eigenvalue weighted by Crippen LogP contribution is 2.19. The van der Waals surface area contributed by atoms with Crippen LogP contribution in [-0.2, 0) is 6.42 Å². The molecule has 2 N–H and O–H groups in total. The Morgan fingerprint density at radius 1 is 1.25 bits per heavy atom. The van der Waals surface area contributed by atoms with Crippen molar-refractivity contribution >= 4 is 5.69 Å². The second kappa shape index (κ2) is 3.61. The summed E-state index contributed by atoms with van der Waals surface area (Å²) in [4.78, 5) is 0. The third kappa shape index (κ3) is 2.00. The van der Waals surface area contributed by atoms with Gasteiger partial charge in [-0.25, -0.2) is 0 Å². The average Bonchev–Trinajstić information content (AvgIpc) is 2.03. The molecule has 0 fully saturated rings. The summed E-state index contributed by atoms with van der Waals surface area (Å²) in [6.07, 6.45) is 1.06. The van der Waals surface area contributed by atoms with Crippen molar-refractivity contribution in [1.82, 2.24) is 0 Å². The molecule has 66 valence electrons. The third-order valence-electron chi connectivity index (χ3n) is 2.11. The molecule has 0 aliphatic rings. The fourth-order valence-corrected chi connectivity index (χ4v) is 1.28. The predicted octanol–water partition coefficient (Wildman–Crippen LogP) is 2.95. The van der Waals surface area contributed by atoms with Crippen molar-refractivity contribution in [2.24, 2.45) is 0 Å². The van der Waals surface area contributed by atoms with Gasteiger partial charge in [0.2, 0.25) is 0 Å². The Morgan fingerprint density at radius 3 is 2.42 bits per heavy atom. The lowest BCUT2D eigenvalue weighted by Gasteiger charge is -2.08. The first-order valence-electron chi connectivity index (χ1n) is 4.52. The van der Waals surface area contributed by atoms with Gasteiger partial charge in [0.1, 0.15) is 0 Å². The first-order valence-corrected chi connectivity index (χ1v) is 4.52. The molecule has 0 saturated carbocycles. The van der Waals surface area contributed by atoms with E-state index in [0.717, 1.165) is 12.1 Å². The second-order valence-electron chi connectivity index (χ2n) is 3.52. The molecule has 0 unspecified atom stereocenters. The molecule has 12 heavy (non-hydrogen) atoms. The van der Waals surface area contributed by atoms with Crippen molar-refractivity contribution in [3.8, 4) is 0 Å². The molecular formula is C11H17N. The molecule has 1 aromatic carbocycles. The summed E-state index contributed by atoms with van der Waals surface area (Å²) in [6, 6.07) is 6.34. The Kier molecular flexibility index (Phi) is 2.74. The Labute approximate surface area is 74.6 Å². The van der Waals surface area contributed by atoms with Crippen LogP contribution in [0, 0.1) is 0 Å². The molecule has 0 radical (unpaired) electrons. The number of nitrogens with two attached hydrogens (primary N) is 1. The van der Waals surface area contributed by atoms with E-state index < -0.39 is 0 Å². The summed E-state index contributed by atoms with van der Waals surface area (Å²) in [7, 11) is 0. The number of rotatable bonds is 2. The lowest BCUT2D eigenvalue weighted by atomic mass is 9.99. The molecule has 1 aromatic rings. The molecule has 0 aliphatic heterocycles. The highest BCUT2D eigenvalue weighted by Gasteiger charge is 2.01. The Morgan fingerprint density at radius 2 is 1.92 bits per heavy atom. The van der Waals surface area contributed by atoms with Gasteiger partial charge in [-0.1, -0.05) is 26.8 Å². The molecule has 1 rings (SSSR count). The van der Waals surface area contributed by atoms with E-state index in [-0.39, 0.29) is 0 Å². The number of hydrogen-bond donors (Lipinski definition) is 1. The summed E-state index contributed by atoms with van der Waals surface area (Å²) in [5.74, 6) is 0.568. The van der Waals surface area contributed by atoms with Crippen molar-refractivity contribution in [1.29, 1.82) is 0 Å². The highest BCUT2D eigenvalue weighted by molar-refractivity contribution is 5.45. The van der Waals surface area contributed by atoms with Crippen LogP contribution in [0.25, 0.3) is 0 Å². The fraction of sp³-hybridized carbons (Fsp3) is 0.455. The van der Waals surface area contributed by atoms with Crippen LogP contribution in [0.15, 0.2) is 18.2 Å². The van der Waals surface area contributed by atoms with Gasteiger partial charge < -0.3 is 5.73 Å².